The van der Waals surface area contributed by atoms with Crippen LogP contribution >= 0.6 is 0 Å². The number of ether oxygens (including phenoxy) is 3. The minimum atomic E-state index is -1.30. The number of hydrogen-bond acceptors (Lipinski definition) is 4. The first-order valence-corrected chi connectivity index (χ1v) is 4.90. The van der Waals surface area contributed by atoms with Crippen LogP contribution in [0.5, 0.6) is 0 Å². The summed E-state index contributed by atoms with van der Waals surface area (Å²) in [6.45, 7) is 5.93. The van der Waals surface area contributed by atoms with Gasteiger partial charge in [0.15, 0.2) is 5.60 Å². The third-order valence-corrected chi connectivity index (χ3v) is 1.83. The molecule has 0 aliphatic carbocycles. The minimum Gasteiger partial charge on any atom is -0.479 e. The van der Waals surface area contributed by atoms with Crippen LogP contribution in [0.3, 0.4) is 0 Å². The van der Waals surface area contributed by atoms with Gasteiger partial charge in [0.1, 0.15) is 0 Å². The van der Waals surface area contributed by atoms with Crippen LogP contribution in [0.25, 0.3) is 0 Å². The van der Waals surface area contributed by atoms with Crippen LogP contribution < -0.4 is 0 Å². The van der Waals surface area contributed by atoms with Gasteiger partial charge in [0, 0.05) is 7.11 Å². The monoisotopic (exact) mass is 220 g/mol. The summed E-state index contributed by atoms with van der Waals surface area (Å²) in [6, 6.07) is 0. The number of aliphatic carboxylic acids is 1. The van der Waals surface area contributed by atoms with E-state index in [-0.39, 0.29) is 19.3 Å². The van der Waals surface area contributed by atoms with Gasteiger partial charge < -0.3 is 19.3 Å². The fourth-order valence-corrected chi connectivity index (χ4v) is 0.991. The second-order valence-corrected chi connectivity index (χ2v) is 3.74. The number of carboxylic acids is 1. The number of carbonyl (C=O) groups is 1. The first-order valence-electron chi connectivity index (χ1n) is 4.90. The highest BCUT2D eigenvalue weighted by Crippen LogP contribution is 2.11. The Morgan fingerprint density at radius 1 is 1.40 bits per heavy atom. The van der Waals surface area contributed by atoms with Crippen molar-refractivity contribution in [3.63, 3.8) is 0 Å². The molecule has 0 heterocycles. The second kappa shape index (κ2) is 6.76. The number of rotatable bonds is 8. The molecule has 0 amide bonds. The summed E-state index contributed by atoms with van der Waals surface area (Å²) in [6.07, 6.45) is 0.118. The van der Waals surface area contributed by atoms with Crippen molar-refractivity contribution in [3.05, 3.63) is 0 Å². The van der Waals surface area contributed by atoms with Gasteiger partial charge in [-0.3, -0.25) is 0 Å². The molecule has 5 nitrogen and oxygen atoms in total. The maximum absolute atomic E-state index is 10.9. The van der Waals surface area contributed by atoms with Crippen molar-refractivity contribution in [1.29, 1.82) is 0 Å². The van der Waals surface area contributed by atoms with E-state index in [1.807, 2.05) is 13.8 Å². The molecule has 0 fully saturated rings. The maximum Gasteiger partial charge on any atom is 0.338 e. The maximum atomic E-state index is 10.9. The van der Waals surface area contributed by atoms with Gasteiger partial charge in [-0.15, -0.1) is 0 Å². The molecule has 1 N–H and O–H groups in total. The second-order valence-electron chi connectivity index (χ2n) is 3.74. The molecule has 15 heavy (non-hydrogen) atoms. The van der Waals surface area contributed by atoms with Crippen LogP contribution in [0.4, 0.5) is 0 Å². The van der Waals surface area contributed by atoms with Crippen LogP contribution in [0.2, 0.25) is 0 Å². The third-order valence-electron chi connectivity index (χ3n) is 1.83. The molecule has 0 aliphatic heterocycles. The summed E-state index contributed by atoms with van der Waals surface area (Å²) in [5.41, 5.74) is -1.30. The van der Waals surface area contributed by atoms with Gasteiger partial charge in [0.05, 0.1) is 25.9 Å². The Balaban J connectivity index is 3.92. The fourth-order valence-electron chi connectivity index (χ4n) is 0.991. The van der Waals surface area contributed by atoms with Gasteiger partial charge in [-0.25, -0.2) is 4.79 Å². The highest BCUT2D eigenvalue weighted by molar-refractivity contribution is 5.77. The van der Waals surface area contributed by atoms with Crippen LogP contribution in [0, 0.1) is 0 Å². The van der Waals surface area contributed by atoms with E-state index >= 15 is 0 Å². The SMILES string of the molecule is COCC(C)(OCCOC(C)C)C(=O)O. The highest BCUT2D eigenvalue weighted by atomic mass is 16.6. The van der Waals surface area contributed by atoms with Crippen molar-refractivity contribution in [2.75, 3.05) is 26.9 Å². The summed E-state index contributed by atoms with van der Waals surface area (Å²) in [5.74, 6) is -1.03. The Morgan fingerprint density at radius 3 is 2.40 bits per heavy atom. The molecule has 90 valence electrons. The molecule has 0 aromatic rings. The first kappa shape index (κ1) is 14.3. The van der Waals surface area contributed by atoms with Gasteiger partial charge in [-0.05, 0) is 20.8 Å². The molecule has 1 atom stereocenters. The molecule has 5 heteroatoms. The van der Waals surface area contributed by atoms with Gasteiger partial charge in [0.25, 0.3) is 0 Å². The summed E-state index contributed by atoms with van der Waals surface area (Å²) in [5, 5.41) is 8.93. The zero-order valence-electron chi connectivity index (χ0n) is 9.78. The summed E-state index contributed by atoms with van der Waals surface area (Å²) in [7, 11) is 1.44. The van der Waals surface area contributed by atoms with E-state index in [9.17, 15) is 4.79 Å². The van der Waals surface area contributed by atoms with Crippen LogP contribution in [0.1, 0.15) is 20.8 Å². The van der Waals surface area contributed by atoms with E-state index in [0.717, 1.165) is 0 Å². The van der Waals surface area contributed by atoms with E-state index < -0.39 is 11.6 Å². The Hall–Kier alpha value is -0.650. The number of hydrogen-bond donors (Lipinski definition) is 1. The lowest BCUT2D eigenvalue weighted by molar-refractivity contribution is -0.172. The molecular weight excluding hydrogens is 200 g/mol. The lowest BCUT2D eigenvalue weighted by Crippen LogP contribution is -2.43. The average Bonchev–Trinajstić information content (AvgIpc) is 2.12. The predicted octanol–water partition coefficient (Wildman–Crippen LogP) is 0.918. The first-order chi connectivity index (χ1) is 6.92. The Bertz CT molecular complexity index is 192. The van der Waals surface area contributed by atoms with Crippen LogP contribution in [-0.2, 0) is 19.0 Å². The molecule has 0 aromatic heterocycles. The van der Waals surface area contributed by atoms with E-state index in [1.54, 1.807) is 0 Å². The molecular formula is C10H20O5. The lowest BCUT2D eigenvalue weighted by Gasteiger charge is -2.24. The van der Waals surface area contributed by atoms with Crippen molar-refractivity contribution >= 4 is 5.97 Å². The molecule has 0 saturated heterocycles. The molecule has 0 saturated carbocycles. The fraction of sp³-hybridized carbons (Fsp3) is 0.900. The molecule has 0 rings (SSSR count). The molecule has 1 unspecified atom stereocenters. The molecule has 0 aliphatic rings. The van der Waals surface area contributed by atoms with Crippen LogP contribution in [-0.4, -0.2) is 49.7 Å². The van der Waals surface area contributed by atoms with E-state index in [4.69, 9.17) is 19.3 Å². The van der Waals surface area contributed by atoms with Gasteiger partial charge in [0.2, 0.25) is 0 Å². The topological polar surface area (TPSA) is 65.0 Å². The normalized spacial score (nSPS) is 15.3. The largest absolute Gasteiger partial charge is 0.479 e. The van der Waals surface area contributed by atoms with E-state index in [2.05, 4.69) is 0 Å². The number of carboxylic acid groups (broad SMARTS) is 1. The molecule has 0 bridgehead atoms. The minimum absolute atomic E-state index is 0.0179. The van der Waals surface area contributed by atoms with Gasteiger partial charge >= 0.3 is 5.97 Å². The zero-order chi connectivity index (χ0) is 11.9. The summed E-state index contributed by atoms with van der Waals surface area (Å²) in [4.78, 5) is 10.9. The Labute approximate surface area is 90.3 Å². The molecule has 0 spiro atoms. The van der Waals surface area contributed by atoms with Crippen molar-refractivity contribution < 1.29 is 24.1 Å². The zero-order valence-corrected chi connectivity index (χ0v) is 9.78. The average molecular weight is 220 g/mol. The number of methoxy groups -OCH3 is 1. The molecule has 0 radical (unpaired) electrons. The summed E-state index contributed by atoms with van der Waals surface area (Å²) < 4.78 is 15.3. The molecule has 0 aromatic carbocycles. The van der Waals surface area contributed by atoms with E-state index in [1.165, 1.54) is 14.0 Å². The predicted molar refractivity (Wildman–Crippen MR) is 55.0 cm³/mol. The van der Waals surface area contributed by atoms with Crippen molar-refractivity contribution in [2.45, 2.75) is 32.5 Å². The van der Waals surface area contributed by atoms with Crippen molar-refractivity contribution in [2.24, 2.45) is 0 Å². The van der Waals surface area contributed by atoms with E-state index in [0.29, 0.717) is 6.61 Å². The van der Waals surface area contributed by atoms with Gasteiger partial charge in [-0.2, -0.15) is 0 Å². The highest BCUT2D eigenvalue weighted by Gasteiger charge is 2.34. The van der Waals surface area contributed by atoms with Crippen molar-refractivity contribution in [1.82, 2.24) is 0 Å². The lowest BCUT2D eigenvalue weighted by atomic mass is 10.1. The van der Waals surface area contributed by atoms with Gasteiger partial charge in [-0.1, -0.05) is 0 Å². The summed E-state index contributed by atoms with van der Waals surface area (Å²) >= 11 is 0. The third kappa shape index (κ3) is 5.71. The Kier molecular flexibility index (Phi) is 6.47. The quantitative estimate of drug-likeness (QED) is 0.616. The smallest absolute Gasteiger partial charge is 0.338 e. The standard InChI is InChI=1S/C10H20O5/c1-8(2)14-5-6-15-10(3,7-13-4)9(11)12/h8H,5-7H2,1-4H3,(H,11,12). The Morgan fingerprint density at radius 2 is 2.00 bits per heavy atom. The van der Waals surface area contributed by atoms with Crippen LogP contribution in [0.15, 0.2) is 0 Å². The van der Waals surface area contributed by atoms with Crippen molar-refractivity contribution in [3.8, 4) is 0 Å².